The van der Waals surface area contributed by atoms with Crippen LogP contribution in [0.25, 0.3) is 11.3 Å². The van der Waals surface area contributed by atoms with Gasteiger partial charge in [-0.2, -0.15) is 0 Å². The highest BCUT2D eigenvalue weighted by Crippen LogP contribution is 2.20. The third kappa shape index (κ3) is 4.13. The molecule has 0 aliphatic carbocycles. The minimum Gasteiger partial charge on any atom is -0.444 e. The molecule has 1 heterocycles. The summed E-state index contributed by atoms with van der Waals surface area (Å²) in [7, 11) is 0. The fourth-order valence-electron chi connectivity index (χ4n) is 1.44. The van der Waals surface area contributed by atoms with Gasteiger partial charge in [0.05, 0.1) is 18.2 Å². The summed E-state index contributed by atoms with van der Waals surface area (Å²) in [6, 6.07) is 7.14. The Balaban J connectivity index is 1.87. The van der Waals surface area contributed by atoms with Crippen molar-refractivity contribution in [3.05, 3.63) is 36.9 Å². The Hall–Kier alpha value is -2.28. The SMILES string of the molecule is CC(=O)OSCC(=O)Nc1ccc(-c2cnco2)cc1. The Bertz CT molecular complexity index is 581. The van der Waals surface area contributed by atoms with E-state index >= 15 is 0 Å². The third-order valence-electron chi connectivity index (χ3n) is 2.25. The van der Waals surface area contributed by atoms with Crippen molar-refractivity contribution in [2.75, 3.05) is 11.1 Å². The predicted octanol–water partition coefficient (Wildman–Crippen LogP) is 2.49. The first-order chi connectivity index (χ1) is 9.65. The molecule has 0 saturated carbocycles. The van der Waals surface area contributed by atoms with Crippen molar-refractivity contribution in [2.24, 2.45) is 0 Å². The third-order valence-corrected chi connectivity index (χ3v) is 2.98. The molecular weight excluding hydrogens is 280 g/mol. The number of rotatable bonds is 5. The van der Waals surface area contributed by atoms with Crippen LogP contribution in [0.1, 0.15) is 6.92 Å². The molecule has 2 rings (SSSR count). The number of nitrogens with zero attached hydrogens (tertiary/aromatic N) is 1. The normalized spacial score (nSPS) is 10.1. The van der Waals surface area contributed by atoms with Crippen molar-refractivity contribution in [1.29, 1.82) is 0 Å². The molecule has 0 radical (unpaired) electrons. The number of anilines is 1. The largest absolute Gasteiger partial charge is 0.444 e. The zero-order valence-electron chi connectivity index (χ0n) is 10.7. The molecule has 6 nitrogen and oxygen atoms in total. The second-order valence-corrected chi connectivity index (χ2v) is 4.52. The molecule has 1 aromatic carbocycles. The highest BCUT2D eigenvalue weighted by molar-refractivity contribution is 7.95. The number of amides is 1. The topological polar surface area (TPSA) is 81.4 Å². The van der Waals surface area contributed by atoms with E-state index in [1.807, 2.05) is 12.1 Å². The van der Waals surface area contributed by atoms with Gasteiger partial charge in [-0.3, -0.25) is 9.59 Å². The molecule has 0 aliphatic rings. The van der Waals surface area contributed by atoms with Crippen LogP contribution in [0.2, 0.25) is 0 Å². The average Bonchev–Trinajstić information content (AvgIpc) is 2.93. The Labute approximate surface area is 119 Å². The zero-order chi connectivity index (χ0) is 14.4. The molecule has 0 aliphatic heterocycles. The Morgan fingerprint density at radius 1 is 1.35 bits per heavy atom. The van der Waals surface area contributed by atoms with Crippen molar-refractivity contribution in [2.45, 2.75) is 6.92 Å². The molecule has 20 heavy (non-hydrogen) atoms. The van der Waals surface area contributed by atoms with Gasteiger partial charge in [-0.05, 0) is 24.3 Å². The lowest BCUT2D eigenvalue weighted by Gasteiger charge is -2.05. The molecule has 104 valence electrons. The molecule has 1 N–H and O–H groups in total. The Kier molecular flexibility index (Phi) is 4.78. The maximum atomic E-state index is 11.6. The van der Waals surface area contributed by atoms with E-state index in [4.69, 9.17) is 4.42 Å². The second-order valence-electron chi connectivity index (χ2n) is 3.83. The van der Waals surface area contributed by atoms with Gasteiger partial charge in [-0.1, -0.05) is 0 Å². The van der Waals surface area contributed by atoms with Gasteiger partial charge in [-0.15, -0.1) is 0 Å². The van der Waals surface area contributed by atoms with Gasteiger partial charge in [0.1, 0.15) is 5.75 Å². The predicted molar refractivity (Wildman–Crippen MR) is 74.8 cm³/mol. The van der Waals surface area contributed by atoms with E-state index < -0.39 is 5.97 Å². The van der Waals surface area contributed by atoms with E-state index in [9.17, 15) is 9.59 Å². The van der Waals surface area contributed by atoms with Crippen molar-refractivity contribution < 1.29 is 18.2 Å². The van der Waals surface area contributed by atoms with Crippen LogP contribution in [0.4, 0.5) is 5.69 Å². The molecule has 2 aromatic rings. The van der Waals surface area contributed by atoms with Crippen LogP contribution in [-0.2, 0) is 13.8 Å². The van der Waals surface area contributed by atoms with Crippen molar-refractivity contribution in [1.82, 2.24) is 4.98 Å². The highest BCUT2D eigenvalue weighted by Gasteiger charge is 2.06. The van der Waals surface area contributed by atoms with Gasteiger partial charge in [-0.25, -0.2) is 4.98 Å². The second kappa shape index (κ2) is 6.76. The van der Waals surface area contributed by atoms with E-state index in [0.717, 1.165) is 17.6 Å². The Morgan fingerprint density at radius 2 is 2.10 bits per heavy atom. The molecule has 1 amide bonds. The quantitative estimate of drug-likeness (QED) is 0.853. The highest BCUT2D eigenvalue weighted by atomic mass is 32.2. The minimum atomic E-state index is -0.431. The van der Waals surface area contributed by atoms with Crippen LogP contribution in [0.5, 0.6) is 0 Å². The summed E-state index contributed by atoms with van der Waals surface area (Å²) < 4.78 is 9.78. The minimum absolute atomic E-state index is 0.0451. The standard InChI is InChI=1S/C13H12N2O4S/c1-9(16)19-20-7-13(17)15-11-4-2-10(3-5-11)12-6-14-8-18-12/h2-6,8H,7H2,1H3,(H,15,17). The summed E-state index contributed by atoms with van der Waals surface area (Å²) in [5.41, 5.74) is 1.52. The van der Waals surface area contributed by atoms with E-state index in [1.54, 1.807) is 18.3 Å². The van der Waals surface area contributed by atoms with E-state index in [2.05, 4.69) is 14.5 Å². The van der Waals surface area contributed by atoms with Gasteiger partial charge < -0.3 is 13.9 Å². The number of oxazole rings is 1. The van der Waals surface area contributed by atoms with Crippen LogP contribution in [-0.4, -0.2) is 22.6 Å². The van der Waals surface area contributed by atoms with Gasteiger partial charge >= 0.3 is 5.97 Å². The molecule has 0 atom stereocenters. The summed E-state index contributed by atoms with van der Waals surface area (Å²) >= 11 is 0.805. The van der Waals surface area contributed by atoms with Gasteiger partial charge in [0.15, 0.2) is 12.2 Å². The summed E-state index contributed by atoms with van der Waals surface area (Å²) in [4.78, 5) is 25.9. The molecular formula is C13H12N2O4S. The fraction of sp³-hybridized carbons (Fsp3) is 0.154. The number of aromatic nitrogens is 1. The first kappa shape index (κ1) is 14.1. The van der Waals surface area contributed by atoms with Crippen LogP contribution in [0.15, 0.2) is 41.3 Å². The first-order valence-corrected chi connectivity index (χ1v) is 6.65. The fourth-order valence-corrected chi connectivity index (χ4v) is 1.84. The first-order valence-electron chi connectivity index (χ1n) is 5.74. The van der Waals surface area contributed by atoms with E-state index in [0.29, 0.717) is 11.4 Å². The summed E-state index contributed by atoms with van der Waals surface area (Å²) in [5.74, 6) is 0.0276. The van der Waals surface area contributed by atoms with Crippen LogP contribution < -0.4 is 5.32 Å². The molecule has 0 saturated heterocycles. The summed E-state index contributed by atoms with van der Waals surface area (Å²) in [6.45, 7) is 1.28. The lowest BCUT2D eigenvalue weighted by Crippen LogP contribution is -2.14. The maximum Gasteiger partial charge on any atom is 0.314 e. The monoisotopic (exact) mass is 292 g/mol. The van der Waals surface area contributed by atoms with E-state index in [-0.39, 0.29) is 11.7 Å². The molecule has 0 unspecified atom stereocenters. The molecule has 1 aromatic heterocycles. The number of benzene rings is 1. The van der Waals surface area contributed by atoms with Gasteiger partial charge in [0.2, 0.25) is 5.91 Å². The maximum absolute atomic E-state index is 11.6. The summed E-state index contributed by atoms with van der Waals surface area (Å²) in [6.07, 6.45) is 2.97. The number of hydrogen-bond acceptors (Lipinski definition) is 6. The van der Waals surface area contributed by atoms with Crippen molar-refractivity contribution in [3.8, 4) is 11.3 Å². The number of hydrogen-bond donors (Lipinski definition) is 1. The summed E-state index contributed by atoms with van der Waals surface area (Å²) in [5, 5.41) is 2.69. The van der Waals surface area contributed by atoms with Crippen molar-refractivity contribution in [3.63, 3.8) is 0 Å². The number of carbonyl (C=O) groups is 2. The van der Waals surface area contributed by atoms with E-state index in [1.165, 1.54) is 13.3 Å². The molecule has 0 bridgehead atoms. The lowest BCUT2D eigenvalue weighted by atomic mass is 10.2. The van der Waals surface area contributed by atoms with Crippen LogP contribution in [0, 0.1) is 0 Å². The average molecular weight is 292 g/mol. The van der Waals surface area contributed by atoms with Gasteiger partial charge in [0, 0.05) is 18.2 Å². The van der Waals surface area contributed by atoms with Crippen LogP contribution >= 0.6 is 12.0 Å². The van der Waals surface area contributed by atoms with Crippen molar-refractivity contribution >= 4 is 29.6 Å². The smallest absolute Gasteiger partial charge is 0.314 e. The number of carbonyl (C=O) groups excluding carboxylic acids is 2. The molecule has 0 spiro atoms. The number of nitrogens with one attached hydrogen (secondary N) is 1. The molecule has 7 heteroatoms. The lowest BCUT2D eigenvalue weighted by molar-refractivity contribution is -0.130. The molecule has 0 fully saturated rings. The van der Waals surface area contributed by atoms with Crippen LogP contribution in [0.3, 0.4) is 0 Å². The Morgan fingerprint density at radius 3 is 2.70 bits per heavy atom. The zero-order valence-corrected chi connectivity index (χ0v) is 11.5. The van der Waals surface area contributed by atoms with Gasteiger partial charge in [0.25, 0.3) is 0 Å².